The van der Waals surface area contributed by atoms with Crippen molar-refractivity contribution >= 4 is 5.97 Å². The molecule has 2 fully saturated rings. The molecule has 0 heterocycles. The fraction of sp³-hybridized carbons (Fsp3) is 0.424. The third-order valence-electron chi connectivity index (χ3n) is 8.79. The second-order valence-corrected chi connectivity index (χ2v) is 11.8. The highest BCUT2D eigenvalue weighted by Crippen LogP contribution is 2.58. The zero-order valence-electron chi connectivity index (χ0n) is 23.4. The molecule has 0 radical (unpaired) electrons. The van der Waals surface area contributed by atoms with Crippen molar-refractivity contribution in [1.82, 2.24) is 0 Å². The number of rotatable bonds is 12. The number of carboxylic acid groups (broad SMARTS) is 1. The molecule has 0 aliphatic heterocycles. The van der Waals surface area contributed by atoms with Crippen LogP contribution in [-0.4, -0.2) is 25.3 Å². The molecule has 212 valence electrons. The minimum Gasteiger partial charge on any atom is -0.497 e. The maximum absolute atomic E-state index is 15.7. The van der Waals surface area contributed by atoms with Gasteiger partial charge in [0.1, 0.15) is 18.2 Å². The number of hydrogen-bond donors (Lipinski definition) is 1. The Bertz CT molecular complexity index is 1410. The highest BCUT2D eigenvalue weighted by atomic mass is 19.1. The quantitative estimate of drug-likeness (QED) is 0.247. The predicted molar refractivity (Wildman–Crippen MR) is 149 cm³/mol. The number of ether oxygens (including phenoxy) is 3. The molecule has 3 aromatic carbocycles. The van der Waals surface area contributed by atoms with E-state index in [2.05, 4.69) is 6.92 Å². The van der Waals surface area contributed by atoms with E-state index < -0.39 is 17.7 Å². The summed E-state index contributed by atoms with van der Waals surface area (Å²) < 4.78 is 48.0. The van der Waals surface area contributed by atoms with Crippen LogP contribution in [0.1, 0.15) is 74.7 Å². The first kappa shape index (κ1) is 28.1. The minimum atomic E-state index is -0.944. The zero-order valence-corrected chi connectivity index (χ0v) is 23.4. The van der Waals surface area contributed by atoms with Crippen LogP contribution in [0, 0.1) is 22.5 Å². The molecule has 2 aliphatic carbocycles. The maximum atomic E-state index is 15.7. The second-order valence-electron chi connectivity index (χ2n) is 11.8. The van der Waals surface area contributed by atoms with E-state index >= 15 is 8.78 Å². The van der Waals surface area contributed by atoms with Crippen molar-refractivity contribution in [2.75, 3.05) is 14.2 Å². The Balaban J connectivity index is 1.46. The highest BCUT2D eigenvalue weighted by Gasteiger charge is 2.48. The molecule has 40 heavy (non-hydrogen) atoms. The number of benzene rings is 3. The van der Waals surface area contributed by atoms with Crippen molar-refractivity contribution in [3.05, 3.63) is 82.9 Å². The first-order valence-electron chi connectivity index (χ1n) is 13.7. The van der Waals surface area contributed by atoms with Gasteiger partial charge in [-0.3, -0.25) is 4.79 Å². The van der Waals surface area contributed by atoms with Crippen LogP contribution in [0.2, 0.25) is 0 Å². The van der Waals surface area contributed by atoms with Crippen molar-refractivity contribution < 1.29 is 32.9 Å². The molecule has 0 unspecified atom stereocenters. The average molecular weight is 551 g/mol. The lowest BCUT2D eigenvalue weighted by Crippen LogP contribution is -2.17. The summed E-state index contributed by atoms with van der Waals surface area (Å²) in [5.41, 5.74) is 2.86. The smallest absolute Gasteiger partial charge is 0.303 e. The summed E-state index contributed by atoms with van der Waals surface area (Å²) in [5.74, 6) is -1.60. The molecule has 0 bridgehead atoms. The third kappa shape index (κ3) is 5.57. The summed E-state index contributed by atoms with van der Waals surface area (Å²) in [7, 11) is 3.21. The largest absolute Gasteiger partial charge is 0.497 e. The van der Waals surface area contributed by atoms with E-state index in [0.29, 0.717) is 22.4 Å². The van der Waals surface area contributed by atoms with Crippen molar-refractivity contribution in [2.45, 2.75) is 64.6 Å². The van der Waals surface area contributed by atoms with Crippen LogP contribution in [0.5, 0.6) is 11.5 Å². The summed E-state index contributed by atoms with van der Waals surface area (Å²) in [6.45, 7) is 4.25. The monoisotopic (exact) mass is 550 g/mol. The molecule has 5 rings (SSSR count). The number of methoxy groups -OCH3 is 2. The maximum Gasteiger partial charge on any atom is 0.303 e. The minimum absolute atomic E-state index is 0.0587. The first-order valence-corrected chi connectivity index (χ1v) is 13.7. The molecular weight excluding hydrogens is 514 g/mol. The van der Waals surface area contributed by atoms with Crippen LogP contribution >= 0.6 is 0 Å². The Kier molecular flexibility index (Phi) is 7.62. The summed E-state index contributed by atoms with van der Waals surface area (Å²) in [6, 6.07) is 15.3. The second kappa shape index (κ2) is 10.8. The number of halogens is 2. The Morgan fingerprint density at radius 3 is 2.27 bits per heavy atom. The Morgan fingerprint density at radius 2 is 1.65 bits per heavy atom. The Hall–Kier alpha value is -3.45. The van der Waals surface area contributed by atoms with Gasteiger partial charge in [0.2, 0.25) is 0 Å². The van der Waals surface area contributed by atoms with E-state index in [9.17, 15) is 9.90 Å². The van der Waals surface area contributed by atoms with E-state index in [1.807, 2.05) is 25.1 Å². The van der Waals surface area contributed by atoms with E-state index in [4.69, 9.17) is 14.2 Å². The van der Waals surface area contributed by atoms with Gasteiger partial charge < -0.3 is 19.3 Å². The van der Waals surface area contributed by atoms with Crippen LogP contribution in [0.15, 0.2) is 54.6 Å². The normalized spacial score (nSPS) is 18.1. The van der Waals surface area contributed by atoms with E-state index in [-0.39, 0.29) is 41.5 Å². The molecule has 0 aromatic heterocycles. The average Bonchev–Trinajstić information content (AvgIpc) is 3.86. The van der Waals surface area contributed by atoms with Crippen molar-refractivity contribution in [1.29, 1.82) is 0 Å². The van der Waals surface area contributed by atoms with E-state index in [1.54, 1.807) is 44.6 Å². The lowest BCUT2D eigenvalue weighted by atomic mass is 9.81. The van der Waals surface area contributed by atoms with Gasteiger partial charge >= 0.3 is 5.97 Å². The van der Waals surface area contributed by atoms with Gasteiger partial charge in [-0.1, -0.05) is 38.1 Å². The molecule has 1 N–H and O–H groups in total. The van der Waals surface area contributed by atoms with Gasteiger partial charge in [0.05, 0.1) is 19.6 Å². The first-order chi connectivity index (χ1) is 19.1. The molecule has 0 amide bonds. The standard InChI is InChI=1S/C33H36F2O5/c1-32(12-13-32)26(18-29(36)37)23-6-5-7-28(30(23)35)40-19-20-8-10-22(24-17-21(38-3)9-11-27(24)34)25(16-20)31(39-4)33(2)14-15-33/h5-11,16-17,26,31H,12-15,18-19H2,1-4H3,(H,36,37)/t26-,31+/m1/s1. The fourth-order valence-electron chi connectivity index (χ4n) is 5.77. The third-order valence-corrected chi connectivity index (χ3v) is 8.79. The molecule has 2 saturated carbocycles. The molecule has 0 saturated heterocycles. The predicted octanol–water partition coefficient (Wildman–Crippen LogP) is 8.07. The molecule has 2 aliphatic rings. The number of carboxylic acids is 1. The van der Waals surface area contributed by atoms with Gasteiger partial charge in [0.25, 0.3) is 0 Å². The fourth-order valence-corrected chi connectivity index (χ4v) is 5.77. The van der Waals surface area contributed by atoms with Crippen LogP contribution in [0.25, 0.3) is 11.1 Å². The highest BCUT2D eigenvalue weighted by molar-refractivity contribution is 5.71. The topological polar surface area (TPSA) is 65.0 Å². The number of aliphatic carboxylic acids is 1. The molecule has 7 heteroatoms. The summed E-state index contributed by atoms with van der Waals surface area (Å²) in [4.78, 5) is 11.5. The summed E-state index contributed by atoms with van der Waals surface area (Å²) in [5, 5.41) is 9.46. The lowest BCUT2D eigenvalue weighted by Gasteiger charge is -2.26. The van der Waals surface area contributed by atoms with Crippen molar-refractivity contribution in [3.63, 3.8) is 0 Å². The molecular formula is C33H36F2O5. The van der Waals surface area contributed by atoms with Gasteiger partial charge in [-0.2, -0.15) is 0 Å². The molecule has 0 spiro atoms. The number of carbonyl (C=O) groups is 1. The lowest BCUT2D eigenvalue weighted by molar-refractivity contribution is -0.137. The van der Waals surface area contributed by atoms with Gasteiger partial charge in [-0.15, -0.1) is 0 Å². The van der Waals surface area contributed by atoms with Crippen LogP contribution in [0.3, 0.4) is 0 Å². The van der Waals surface area contributed by atoms with Crippen LogP contribution in [-0.2, 0) is 16.1 Å². The van der Waals surface area contributed by atoms with E-state index in [1.165, 1.54) is 6.07 Å². The van der Waals surface area contributed by atoms with Crippen LogP contribution in [0.4, 0.5) is 8.78 Å². The zero-order chi connectivity index (χ0) is 28.7. The van der Waals surface area contributed by atoms with Gasteiger partial charge in [-0.05, 0) is 89.1 Å². The van der Waals surface area contributed by atoms with E-state index in [0.717, 1.165) is 36.8 Å². The molecule has 3 aromatic rings. The van der Waals surface area contributed by atoms with Crippen molar-refractivity contribution in [3.8, 4) is 22.6 Å². The van der Waals surface area contributed by atoms with Gasteiger partial charge in [0, 0.05) is 18.6 Å². The van der Waals surface area contributed by atoms with Crippen molar-refractivity contribution in [2.24, 2.45) is 10.8 Å². The summed E-state index contributed by atoms with van der Waals surface area (Å²) >= 11 is 0. The summed E-state index contributed by atoms with van der Waals surface area (Å²) in [6.07, 6.45) is 3.36. The Morgan fingerprint density at radius 1 is 0.925 bits per heavy atom. The molecule has 2 atom stereocenters. The number of hydrogen-bond acceptors (Lipinski definition) is 4. The molecule has 5 nitrogen and oxygen atoms in total. The van der Waals surface area contributed by atoms with Gasteiger partial charge in [0.15, 0.2) is 11.6 Å². The van der Waals surface area contributed by atoms with Gasteiger partial charge in [-0.25, -0.2) is 8.78 Å². The van der Waals surface area contributed by atoms with Crippen LogP contribution < -0.4 is 9.47 Å². The SMILES string of the molecule is COc1ccc(F)c(-c2ccc(COc3cccc([C@@H](CC(=O)O)C4(C)CC4)c3F)cc2[C@H](OC)C2(C)CC2)c1. The Labute approximate surface area is 234 Å².